The number of thioether (sulfide) groups is 1. The van der Waals surface area contributed by atoms with E-state index in [1.807, 2.05) is 41.3 Å². The molecule has 4 nitrogen and oxygen atoms in total. The lowest BCUT2D eigenvalue weighted by Crippen LogP contribution is -2.39. The Morgan fingerprint density at radius 1 is 1.13 bits per heavy atom. The van der Waals surface area contributed by atoms with Crippen molar-refractivity contribution in [2.24, 2.45) is 0 Å². The summed E-state index contributed by atoms with van der Waals surface area (Å²) < 4.78 is 2.10. The minimum Gasteiger partial charge on any atom is -0.302 e. The van der Waals surface area contributed by atoms with E-state index >= 15 is 0 Å². The Bertz CT molecular complexity index is 981. The summed E-state index contributed by atoms with van der Waals surface area (Å²) in [5.74, 6) is 0.834. The SMILES string of the molecule is CCN(CC)CCN(C(=O)CCSc1ccc(Cl)cc1)c1nc2ccc(Br)cc2s1.Cl. The number of rotatable bonds is 10. The van der Waals surface area contributed by atoms with Gasteiger partial charge in [-0.15, -0.1) is 24.2 Å². The van der Waals surface area contributed by atoms with Crippen LogP contribution < -0.4 is 4.90 Å². The van der Waals surface area contributed by atoms with Crippen molar-refractivity contribution in [2.75, 3.05) is 36.8 Å². The van der Waals surface area contributed by atoms with Crippen molar-refractivity contribution in [1.29, 1.82) is 0 Å². The van der Waals surface area contributed by atoms with Gasteiger partial charge in [-0.2, -0.15) is 0 Å². The summed E-state index contributed by atoms with van der Waals surface area (Å²) >= 11 is 12.7. The maximum absolute atomic E-state index is 13.2. The average Bonchev–Trinajstić information content (AvgIpc) is 3.15. The Balaban J connectivity index is 0.00000341. The first-order chi connectivity index (χ1) is 14.5. The van der Waals surface area contributed by atoms with Gasteiger partial charge in [-0.25, -0.2) is 4.98 Å². The molecule has 0 N–H and O–H groups in total. The summed E-state index contributed by atoms with van der Waals surface area (Å²) in [6.45, 7) is 7.71. The summed E-state index contributed by atoms with van der Waals surface area (Å²) in [7, 11) is 0. The van der Waals surface area contributed by atoms with E-state index in [4.69, 9.17) is 16.6 Å². The molecule has 1 aromatic heterocycles. The summed E-state index contributed by atoms with van der Waals surface area (Å²) in [6.07, 6.45) is 0.463. The van der Waals surface area contributed by atoms with Crippen LogP contribution in [0.5, 0.6) is 0 Å². The normalized spacial score (nSPS) is 11.0. The van der Waals surface area contributed by atoms with Gasteiger partial charge in [0.05, 0.1) is 10.2 Å². The first kappa shape index (κ1) is 26.4. The lowest BCUT2D eigenvalue weighted by molar-refractivity contribution is -0.118. The van der Waals surface area contributed by atoms with E-state index in [9.17, 15) is 4.79 Å². The van der Waals surface area contributed by atoms with Crippen molar-refractivity contribution in [1.82, 2.24) is 9.88 Å². The molecule has 0 aliphatic carbocycles. The number of thiazole rings is 1. The molecule has 3 aromatic rings. The van der Waals surface area contributed by atoms with E-state index in [1.165, 1.54) is 0 Å². The van der Waals surface area contributed by atoms with Crippen LogP contribution in [0, 0.1) is 0 Å². The molecule has 0 spiro atoms. The van der Waals surface area contributed by atoms with Crippen LogP contribution in [0.2, 0.25) is 5.02 Å². The molecular weight excluding hydrogens is 537 g/mol. The van der Waals surface area contributed by atoms with E-state index in [0.29, 0.717) is 13.0 Å². The molecule has 2 aromatic carbocycles. The number of aromatic nitrogens is 1. The third-order valence-corrected chi connectivity index (χ3v) is 7.60. The molecule has 9 heteroatoms. The number of anilines is 1. The highest BCUT2D eigenvalue weighted by atomic mass is 79.9. The lowest BCUT2D eigenvalue weighted by atomic mass is 10.3. The van der Waals surface area contributed by atoms with Crippen molar-refractivity contribution < 1.29 is 4.79 Å². The maximum Gasteiger partial charge on any atom is 0.229 e. The molecule has 31 heavy (non-hydrogen) atoms. The molecule has 0 atom stereocenters. The van der Waals surface area contributed by atoms with Gasteiger partial charge >= 0.3 is 0 Å². The molecular formula is C22H26BrCl2N3OS2. The van der Waals surface area contributed by atoms with E-state index in [0.717, 1.165) is 55.1 Å². The molecule has 3 rings (SSSR count). The predicted molar refractivity (Wildman–Crippen MR) is 142 cm³/mol. The van der Waals surface area contributed by atoms with Gasteiger partial charge in [0.25, 0.3) is 0 Å². The Labute approximate surface area is 211 Å². The molecule has 168 valence electrons. The van der Waals surface area contributed by atoms with Gasteiger partial charge < -0.3 is 4.90 Å². The zero-order valence-electron chi connectivity index (χ0n) is 17.5. The van der Waals surface area contributed by atoms with Crippen LogP contribution in [-0.2, 0) is 4.79 Å². The van der Waals surface area contributed by atoms with Gasteiger partial charge in [0.15, 0.2) is 5.13 Å². The smallest absolute Gasteiger partial charge is 0.229 e. The monoisotopic (exact) mass is 561 g/mol. The number of likely N-dealkylation sites (N-methyl/N-ethyl adjacent to an activating group) is 1. The molecule has 0 unspecified atom stereocenters. The van der Waals surface area contributed by atoms with Gasteiger partial charge in [0.2, 0.25) is 5.91 Å². The van der Waals surface area contributed by atoms with Gasteiger partial charge in [-0.3, -0.25) is 9.69 Å². The first-order valence-corrected chi connectivity index (χ1v) is 12.9. The van der Waals surface area contributed by atoms with E-state index in [-0.39, 0.29) is 18.3 Å². The first-order valence-electron chi connectivity index (χ1n) is 9.97. The number of benzene rings is 2. The third kappa shape index (κ3) is 7.62. The summed E-state index contributed by atoms with van der Waals surface area (Å²) in [5, 5.41) is 1.50. The van der Waals surface area contributed by atoms with E-state index in [1.54, 1.807) is 23.1 Å². The van der Waals surface area contributed by atoms with Crippen LogP contribution in [0.1, 0.15) is 20.3 Å². The molecule has 0 aliphatic rings. The van der Waals surface area contributed by atoms with E-state index < -0.39 is 0 Å². The van der Waals surface area contributed by atoms with Crippen molar-refractivity contribution in [3.05, 3.63) is 52.0 Å². The summed E-state index contributed by atoms with van der Waals surface area (Å²) in [6, 6.07) is 13.8. The second-order valence-corrected chi connectivity index (χ2v) is 10.3. The number of halogens is 3. The number of carbonyl (C=O) groups is 1. The molecule has 0 saturated heterocycles. The third-order valence-electron chi connectivity index (χ3n) is 4.80. The Morgan fingerprint density at radius 3 is 2.52 bits per heavy atom. The fraction of sp³-hybridized carbons (Fsp3) is 0.364. The number of nitrogens with zero attached hydrogens (tertiary/aromatic N) is 3. The largest absolute Gasteiger partial charge is 0.302 e. The number of hydrogen-bond acceptors (Lipinski definition) is 5. The van der Waals surface area contributed by atoms with Gasteiger partial charge in [0.1, 0.15) is 0 Å². The van der Waals surface area contributed by atoms with Crippen LogP contribution >= 0.6 is 63.0 Å². The Morgan fingerprint density at radius 2 is 1.84 bits per heavy atom. The van der Waals surface area contributed by atoms with Crippen molar-refractivity contribution in [3.8, 4) is 0 Å². The topological polar surface area (TPSA) is 36.4 Å². The van der Waals surface area contributed by atoms with Crippen LogP contribution in [0.15, 0.2) is 51.8 Å². The van der Waals surface area contributed by atoms with Crippen LogP contribution in [0.4, 0.5) is 5.13 Å². The molecule has 0 fully saturated rings. The van der Waals surface area contributed by atoms with E-state index in [2.05, 4.69) is 40.7 Å². The molecule has 0 saturated carbocycles. The summed E-state index contributed by atoms with van der Waals surface area (Å²) in [5.41, 5.74) is 0.925. The van der Waals surface area contributed by atoms with Crippen molar-refractivity contribution in [2.45, 2.75) is 25.2 Å². The Kier molecular flexibility index (Phi) is 11.1. The number of carbonyl (C=O) groups excluding carboxylic acids is 1. The van der Waals surface area contributed by atoms with Crippen LogP contribution in [-0.4, -0.2) is 47.7 Å². The second-order valence-electron chi connectivity index (χ2n) is 6.73. The molecule has 0 aliphatic heterocycles. The second kappa shape index (κ2) is 13.0. The number of fused-ring (bicyclic) bond motifs is 1. The van der Waals surface area contributed by atoms with Crippen molar-refractivity contribution in [3.63, 3.8) is 0 Å². The van der Waals surface area contributed by atoms with Crippen LogP contribution in [0.3, 0.4) is 0 Å². The average molecular weight is 563 g/mol. The van der Waals surface area contributed by atoms with Crippen molar-refractivity contribution >= 4 is 84.3 Å². The van der Waals surface area contributed by atoms with Gasteiger partial charge in [-0.1, -0.05) is 52.7 Å². The Hall–Kier alpha value is -0.830. The summed E-state index contributed by atoms with van der Waals surface area (Å²) in [4.78, 5) is 23.2. The number of amides is 1. The highest BCUT2D eigenvalue weighted by Crippen LogP contribution is 2.31. The molecule has 1 amide bonds. The minimum atomic E-state index is 0. The quantitative estimate of drug-likeness (QED) is 0.249. The fourth-order valence-electron chi connectivity index (χ4n) is 3.03. The predicted octanol–water partition coefficient (Wildman–Crippen LogP) is 6.99. The fourth-order valence-corrected chi connectivity index (χ4v) is 5.56. The maximum atomic E-state index is 13.2. The minimum absolute atomic E-state index is 0. The number of hydrogen-bond donors (Lipinski definition) is 0. The van der Waals surface area contributed by atoms with Crippen LogP contribution in [0.25, 0.3) is 10.2 Å². The highest BCUT2D eigenvalue weighted by molar-refractivity contribution is 9.10. The molecule has 1 heterocycles. The standard InChI is InChI=1S/C22H25BrClN3OS2.ClH/c1-3-26(4-2)12-13-27(22-25-19-10-5-16(23)15-20(19)30-22)21(28)11-14-29-18-8-6-17(24)7-9-18;/h5-10,15H,3-4,11-14H2,1-2H3;1H. The van der Waals surface area contributed by atoms with Gasteiger partial charge in [-0.05, 0) is 55.6 Å². The zero-order valence-corrected chi connectivity index (χ0v) is 22.3. The zero-order chi connectivity index (χ0) is 21.5. The molecule has 0 radical (unpaired) electrons. The highest BCUT2D eigenvalue weighted by Gasteiger charge is 2.20. The van der Waals surface area contributed by atoms with Gasteiger partial charge in [0, 0.05) is 39.7 Å². The lowest BCUT2D eigenvalue weighted by Gasteiger charge is -2.24. The molecule has 0 bridgehead atoms.